The molecule has 0 aromatic heterocycles. The van der Waals surface area contributed by atoms with Gasteiger partial charge in [0.15, 0.2) is 0 Å². The predicted octanol–water partition coefficient (Wildman–Crippen LogP) is 4.08. The number of terminal acetylenes is 1. The SMILES string of the molecule is C#CCOc1cccc(Oc2c[c]c(F)cc2Cl)c1. The van der Waals surface area contributed by atoms with Crippen molar-refractivity contribution >= 4 is 11.6 Å². The first-order valence-electron chi connectivity index (χ1n) is 5.40. The largest absolute Gasteiger partial charge is 0.481 e. The summed E-state index contributed by atoms with van der Waals surface area (Å²) in [6, 6.07) is 11.7. The first-order chi connectivity index (χ1) is 9.19. The average molecular weight is 276 g/mol. The number of rotatable bonds is 4. The van der Waals surface area contributed by atoms with Gasteiger partial charge in [0.2, 0.25) is 0 Å². The standard InChI is InChI=1S/C15H9ClFO2/c1-2-8-18-12-4-3-5-13(10-12)19-15-7-6-11(17)9-14(15)16/h1,3-5,7,9-10H,8H2. The van der Waals surface area contributed by atoms with E-state index in [0.29, 0.717) is 17.2 Å². The Bertz CT molecular complexity index is 620. The second-order valence-electron chi connectivity index (χ2n) is 3.56. The second kappa shape index (κ2) is 6.12. The highest BCUT2D eigenvalue weighted by Crippen LogP contribution is 2.31. The maximum absolute atomic E-state index is 12.9. The normalized spacial score (nSPS) is 9.74. The lowest BCUT2D eigenvalue weighted by atomic mass is 10.3. The van der Waals surface area contributed by atoms with Crippen molar-refractivity contribution in [3.05, 3.63) is 53.3 Å². The third-order valence-corrected chi connectivity index (χ3v) is 2.48. The fourth-order valence-electron chi connectivity index (χ4n) is 1.39. The van der Waals surface area contributed by atoms with Crippen LogP contribution < -0.4 is 9.47 Å². The van der Waals surface area contributed by atoms with Crippen molar-refractivity contribution in [2.75, 3.05) is 6.61 Å². The molecule has 0 heterocycles. The Morgan fingerprint density at radius 3 is 2.84 bits per heavy atom. The first kappa shape index (κ1) is 13.3. The second-order valence-corrected chi connectivity index (χ2v) is 3.97. The van der Waals surface area contributed by atoms with E-state index in [2.05, 4.69) is 12.0 Å². The molecule has 95 valence electrons. The molecule has 0 aliphatic heterocycles. The third-order valence-electron chi connectivity index (χ3n) is 2.19. The molecule has 0 bridgehead atoms. The molecule has 2 nitrogen and oxygen atoms in total. The number of ether oxygens (including phenoxy) is 2. The quantitative estimate of drug-likeness (QED) is 0.783. The van der Waals surface area contributed by atoms with Crippen molar-refractivity contribution in [3.63, 3.8) is 0 Å². The molecule has 0 saturated heterocycles. The summed E-state index contributed by atoms with van der Waals surface area (Å²) < 4.78 is 23.6. The highest BCUT2D eigenvalue weighted by molar-refractivity contribution is 6.32. The smallest absolute Gasteiger partial charge is 0.148 e. The van der Waals surface area contributed by atoms with Crippen molar-refractivity contribution < 1.29 is 13.9 Å². The van der Waals surface area contributed by atoms with E-state index in [1.54, 1.807) is 24.3 Å². The minimum Gasteiger partial charge on any atom is -0.481 e. The zero-order valence-electron chi connectivity index (χ0n) is 9.82. The highest BCUT2D eigenvalue weighted by Gasteiger charge is 2.05. The number of hydrogen-bond donors (Lipinski definition) is 0. The molecule has 0 unspecified atom stereocenters. The van der Waals surface area contributed by atoms with Gasteiger partial charge >= 0.3 is 0 Å². The Labute approximate surface area is 115 Å². The Balaban J connectivity index is 2.16. The van der Waals surface area contributed by atoms with Gasteiger partial charge in [-0.15, -0.1) is 6.42 Å². The lowest BCUT2D eigenvalue weighted by Crippen LogP contribution is -1.93. The van der Waals surface area contributed by atoms with Crippen LogP contribution in [0.2, 0.25) is 5.02 Å². The van der Waals surface area contributed by atoms with Crippen molar-refractivity contribution in [2.45, 2.75) is 0 Å². The molecule has 2 aromatic carbocycles. The van der Waals surface area contributed by atoms with Gasteiger partial charge in [-0.2, -0.15) is 0 Å². The van der Waals surface area contributed by atoms with E-state index >= 15 is 0 Å². The molecule has 0 aliphatic rings. The van der Waals surface area contributed by atoms with Gasteiger partial charge < -0.3 is 9.47 Å². The van der Waals surface area contributed by atoms with Crippen LogP contribution in [0.5, 0.6) is 17.2 Å². The lowest BCUT2D eigenvalue weighted by molar-refractivity contribution is 0.367. The fourth-order valence-corrected chi connectivity index (χ4v) is 1.57. The van der Waals surface area contributed by atoms with Crippen LogP contribution in [0.25, 0.3) is 0 Å². The molecule has 0 atom stereocenters. The number of benzene rings is 2. The number of hydrogen-bond acceptors (Lipinski definition) is 2. The molecule has 0 fully saturated rings. The van der Waals surface area contributed by atoms with Crippen molar-refractivity contribution in [1.29, 1.82) is 0 Å². The number of halogens is 2. The Hall–Kier alpha value is -2.18. The van der Waals surface area contributed by atoms with Crippen molar-refractivity contribution in [1.82, 2.24) is 0 Å². The molecule has 0 aliphatic carbocycles. The Morgan fingerprint density at radius 1 is 1.32 bits per heavy atom. The van der Waals surface area contributed by atoms with Gasteiger partial charge in [0.05, 0.1) is 5.02 Å². The van der Waals surface area contributed by atoms with Gasteiger partial charge in [-0.1, -0.05) is 23.6 Å². The van der Waals surface area contributed by atoms with Gasteiger partial charge in [0, 0.05) is 12.1 Å². The van der Waals surface area contributed by atoms with Gasteiger partial charge in [-0.25, -0.2) is 4.39 Å². The molecular formula is C15H9ClFO2. The minimum atomic E-state index is -0.538. The van der Waals surface area contributed by atoms with Crippen LogP contribution in [0.1, 0.15) is 0 Å². The van der Waals surface area contributed by atoms with Gasteiger partial charge in [-0.05, 0) is 24.3 Å². The molecule has 0 spiro atoms. The van der Waals surface area contributed by atoms with E-state index in [1.165, 1.54) is 6.07 Å². The van der Waals surface area contributed by atoms with E-state index in [0.717, 1.165) is 6.07 Å². The molecule has 2 aromatic rings. The third kappa shape index (κ3) is 3.64. The Kier molecular flexibility index (Phi) is 4.27. The van der Waals surface area contributed by atoms with Crippen LogP contribution in [0.3, 0.4) is 0 Å². The van der Waals surface area contributed by atoms with E-state index in [1.807, 2.05) is 0 Å². The van der Waals surface area contributed by atoms with Gasteiger partial charge in [0.1, 0.15) is 29.7 Å². The van der Waals surface area contributed by atoms with Gasteiger partial charge in [-0.3, -0.25) is 0 Å². The minimum absolute atomic E-state index is 0.172. The summed E-state index contributed by atoms with van der Waals surface area (Å²) in [5, 5.41) is 0.172. The van der Waals surface area contributed by atoms with Crippen LogP contribution in [0, 0.1) is 24.2 Å². The fraction of sp³-hybridized carbons (Fsp3) is 0.0667. The molecule has 1 radical (unpaired) electrons. The molecule has 4 heteroatoms. The zero-order chi connectivity index (χ0) is 13.7. The summed E-state index contributed by atoms with van der Waals surface area (Å²) in [5.41, 5.74) is 0. The monoisotopic (exact) mass is 275 g/mol. The molecule has 2 rings (SSSR count). The van der Waals surface area contributed by atoms with Crippen molar-refractivity contribution in [2.24, 2.45) is 0 Å². The summed E-state index contributed by atoms with van der Waals surface area (Å²) in [7, 11) is 0. The molecule has 0 amide bonds. The zero-order valence-corrected chi connectivity index (χ0v) is 10.6. The van der Waals surface area contributed by atoms with E-state index in [9.17, 15) is 4.39 Å². The maximum atomic E-state index is 12.9. The topological polar surface area (TPSA) is 18.5 Å². The molecule has 0 saturated carbocycles. The first-order valence-corrected chi connectivity index (χ1v) is 5.78. The van der Waals surface area contributed by atoms with Crippen LogP contribution in [-0.2, 0) is 0 Å². The van der Waals surface area contributed by atoms with Crippen LogP contribution in [0.4, 0.5) is 4.39 Å². The van der Waals surface area contributed by atoms with Crippen molar-refractivity contribution in [3.8, 4) is 29.6 Å². The van der Waals surface area contributed by atoms with E-state index in [4.69, 9.17) is 27.5 Å². The summed E-state index contributed by atoms with van der Waals surface area (Å²) in [4.78, 5) is 0. The summed E-state index contributed by atoms with van der Waals surface area (Å²) >= 11 is 5.86. The summed E-state index contributed by atoms with van der Waals surface area (Å²) in [6.07, 6.45) is 5.11. The lowest BCUT2D eigenvalue weighted by Gasteiger charge is -2.09. The summed E-state index contributed by atoms with van der Waals surface area (Å²) in [6.45, 7) is 0.175. The highest BCUT2D eigenvalue weighted by atomic mass is 35.5. The predicted molar refractivity (Wildman–Crippen MR) is 71.1 cm³/mol. The van der Waals surface area contributed by atoms with E-state index < -0.39 is 5.82 Å². The van der Waals surface area contributed by atoms with Crippen LogP contribution in [0.15, 0.2) is 36.4 Å². The van der Waals surface area contributed by atoms with E-state index in [-0.39, 0.29) is 11.6 Å². The maximum Gasteiger partial charge on any atom is 0.148 e. The van der Waals surface area contributed by atoms with Crippen LogP contribution >= 0.6 is 11.6 Å². The summed E-state index contributed by atoms with van der Waals surface area (Å²) in [5.74, 6) is 3.24. The average Bonchev–Trinajstić information content (AvgIpc) is 2.40. The molecule has 0 N–H and O–H groups in total. The molecule has 19 heavy (non-hydrogen) atoms. The molecular weight excluding hydrogens is 267 g/mol. The Morgan fingerprint density at radius 2 is 2.11 bits per heavy atom. The van der Waals surface area contributed by atoms with Crippen LogP contribution in [-0.4, -0.2) is 6.61 Å². The van der Waals surface area contributed by atoms with Gasteiger partial charge in [0.25, 0.3) is 0 Å².